The topological polar surface area (TPSA) is 57.0 Å². The van der Waals surface area contributed by atoms with Crippen LogP contribution in [0.25, 0.3) is 20.8 Å². The van der Waals surface area contributed by atoms with Crippen molar-refractivity contribution in [3.63, 3.8) is 0 Å². The smallest absolute Gasteiger partial charge is 0.392 e. The Morgan fingerprint density at radius 3 is 2.52 bits per heavy atom. The van der Waals surface area contributed by atoms with Crippen LogP contribution in [0.2, 0.25) is 0 Å². The number of hydrogen-bond donors (Lipinski definition) is 0. The quantitative estimate of drug-likeness (QED) is 0.160. The van der Waals surface area contributed by atoms with Crippen LogP contribution in [-0.2, 0) is 24.2 Å². The second-order valence-corrected chi connectivity index (χ2v) is 10.5. The van der Waals surface area contributed by atoms with Gasteiger partial charge in [-0.1, -0.05) is 36.4 Å². The molecule has 0 fully saturated rings. The van der Waals surface area contributed by atoms with Crippen molar-refractivity contribution in [2.24, 2.45) is 5.92 Å². The van der Waals surface area contributed by atoms with E-state index in [4.69, 9.17) is 4.74 Å². The molecule has 3 aromatic heterocycles. The Morgan fingerprint density at radius 2 is 1.82 bits per heavy atom. The third kappa shape index (κ3) is 6.39. The van der Waals surface area contributed by atoms with Crippen LogP contribution < -0.4 is 4.74 Å². The van der Waals surface area contributed by atoms with Gasteiger partial charge in [0.25, 0.3) is 0 Å². The van der Waals surface area contributed by atoms with Crippen LogP contribution >= 0.6 is 11.3 Å². The van der Waals surface area contributed by atoms with Crippen molar-refractivity contribution in [1.82, 2.24) is 14.5 Å². The summed E-state index contributed by atoms with van der Waals surface area (Å²) in [7, 11) is 0. The number of Topliss-reactive ketones (excluding diaryl/α,β-unsaturated/α-hetero) is 1. The van der Waals surface area contributed by atoms with Gasteiger partial charge in [-0.15, -0.1) is 11.3 Å². The molecule has 0 saturated carbocycles. The predicted molar refractivity (Wildman–Crippen MR) is 146 cm³/mol. The van der Waals surface area contributed by atoms with Crippen molar-refractivity contribution in [1.29, 1.82) is 0 Å². The number of carbonyl (C=O) groups is 1. The molecule has 3 heterocycles. The standard InChI is InChI=1S/C30H25F4N3O2S/c1-2-37-17-25(36-18-37)28-16-24-29(40-28)27(10-11-35-24)39-26-9-8-20(14-23(26)31)13-22(38)15-21(30(32,33)34)12-19-6-4-3-5-7-19/h3-11,14,16-18,21H,2,12-13,15H2,1H3. The largest absolute Gasteiger partial charge is 0.453 e. The number of hydrogen-bond acceptors (Lipinski definition) is 5. The molecule has 0 aliphatic heterocycles. The molecule has 0 amide bonds. The fraction of sp³-hybridized carbons (Fsp3) is 0.233. The third-order valence-corrected chi connectivity index (χ3v) is 7.67. The molecule has 0 radical (unpaired) electrons. The van der Waals surface area contributed by atoms with E-state index in [2.05, 4.69) is 9.97 Å². The summed E-state index contributed by atoms with van der Waals surface area (Å²) in [4.78, 5) is 22.3. The monoisotopic (exact) mass is 567 g/mol. The maximum absolute atomic E-state index is 15.0. The lowest BCUT2D eigenvalue weighted by Gasteiger charge is -2.20. The Kier molecular flexibility index (Phi) is 7.97. The molecule has 0 bridgehead atoms. The summed E-state index contributed by atoms with van der Waals surface area (Å²) in [5, 5.41) is 0. The number of pyridine rings is 1. The minimum Gasteiger partial charge on any atom is -0.453 e. The average Bonchev–Trinajstić information content (AvgIpc) is 3.58. The van der Waals surface area contributed by atoms with E-state index in [1.165, 1.54) is 23.5 Å². The molecule has 5 nitrogen and oxygen atoms in total. The average molecular weight is 568 g/mol. The van der Waals surface area contributed by atoms with Gasteiger partial charge in [0.05, 0.1) is 33.0 Å². The molecule has 0 aliphatic rings. The van der Waals surface area contributed by atoms with Crippen LogP contribution in [0.3, 0.4) is 0 Å². The Balaban J connectivity index is 1.28. The Hall–Kier alpha value is -4.05. The number of benzene rings is 2. The summed E-state index contributed by atoms with van der Waals surface area (Å²) in [6, 6.07) is 15.8. The van der Waals surface area contributed by atoms with E-state index >= 15 is 0 Å². The number of fused-ring (bicyclic) bond motifs is 1. The SMILES string of the molecule is CCn1cnc(-c2cc3nccc(Oc4ccc(CC(=O)CC(Cc5ccccc5)C(F)(F)F)cc4F)c3s2)c1. The minimum atomic E-state index is -4.53. The number of alkyl halides is 3. The fourth-order valence-electron chi connectivity index (χ4n) is 4.41. The van der Waals surface area contributed by atoms with Gasteiger partial charge in [0, 0.05) is 37.8 Å². The number of thiophene rings is 1. The molecule has 40 heavy (non-hydrogen) atoms. The maximum atomic E-state index is 15.0. The molecule has 5 aromatic rings. The lowest BCUT2D eigenvalue weighted by Crippen LogP contribution is -2.28. The Morgan fingerprint density at radius 1 is 1.02 bits per heavy atom. The third-order valence-electron chi connectivity index (χ3n) is 6.51. The summed E-state index contributed by atoms with van der Waals surface area (Å²) < 4.78 is 64.4. The Bertz CT molecular complexity index is 1630. The lowest BCUT2D eigenvalue weighted by molar-refractivity contribution is -0.178. The van der Waals surface area contributed by atoms with Gasteiger partial charge < -0.3 is 9.30 Å². The van der Waals surface area contributed by atoms with E-state index in [1.54, 1.807) is 48.9 Å². The molecule has 0 saturated heterocycles. The highest BCUT2D eigenvalue weighted by atomic mass is 32.1. The number of nitrogens with zero attached hydrogens (tertiary/aromatic N) is 3. The second-order valence-electron chi connectivity index (χ2n) is 9.44. The van der Waals surface area contributed by atoms with Crippen molar-refractivity contribution >= 4 is 27.3 Å². The van der Waals surface area contributed by atoms with Gasteiger partial charge in [0.1, 0.15) is 11.5 Å². The minimum absolute atomic E-state index is 0.0637. The number of imidazole rings is 1. The summed E-state index contributed by atoms with van der Waals surface area (Å²) in [6.07, 6.45) is -0.551. The van der Waals surface area contributed by atoms with Gasteiger partial charge in [0.15, 0.2) is 11.6 Å². The van der Waals surface area contributed by atoms with Crippen molar-refractivity contribution in [3.8, 4) is 22.1 Å². The number of ether oxygens (including phenoxy) is 1. The second kappa shape index (κ2) is 11.6. The van der Waals surface area contributed by atoms with Crippen LogP contribution in [0, 0.1) is 11.7 Å². The number of rotatable bonds is 10. The van der Waals surface area contributed by atoms with E-state index in [0.29, 0.717) is 16.8 Å². The maximum Gasteiger partial charge on any atom is 0.392 e. The molecule has 2 aromatic carbocycles. The first-order valence-corrected chi connectivity index (χ1v) is 13.5. The van der Waals surface area contributed by atoms with Crippen LogP contribution in [0.4, 0.5) is 17.6 Å². The fourth-order valence-corrected chi connectivity index (χ4v) is 5.44. The van der Waals surface area contributed by atoms with Crippen molar-refractivity contribution < 1.29 is 27.1 Å². The van der Waals surface area contributed by atoms with Gasteiger partial charge in [-0.05, 0) is 42.7 Å². The molecule has 206 valence electrons. The normalized spacial score (nSPS) is 12.5. The molecular weight excluding hydrogens is 542 g/mol. The highest BCUT2D eigenvalue weighted by molar-refractivity contribution is 7.22. The van der Waals surface area contributed by atoms with Gasteiger partial charge in [-0.3, -0.25) is 9.78 Å². The molecule has 1 unspecified atom stereocenters. The first-order chi connectivity index (χ1) is 19.2. The van der Waals surface area contributed by atoms with E-state index in [-0.39, 0.29) is 24.2 Å². The van der Waals surface area contributed by atoms with Crippen LogP contribution in [0.5, 0.6) is 11.5 Å². The predicted octanol–water partition coefficient (Wildman–Crippen LogP) is 8.03. The summed E-state index contributed by atoms with van der Waals surface area (Å²) in [5.41, 5.74) is 2.26. The van der Waals surface area contributed by atoms with Crippen LogP contribution in [0.1, 0.15) is 24.5 Å². The van der Waals surface area contributed by atoms with E-state index in [1.807, 2.05) is 23.8 Å². The van der Waals surface area contributed by atoms with Gasteiger partial charge >= 0.3 is 6.18 Å². The summed E-state index contributed by atoms with van der Waals surface area (Å²) >= 11 is 1.42. The lowest BCUT2D eigenvalue weighted by atomic mass is 9.92. The number of carbonyl (C=O) groups excluding carboxylic acids is 1. The number of halogens is 4. The molecule has 0 aliphatic carbocycles. The molecular formula is C30H25F4N3O2S. The van der Waals surface area contributed by atoms with E-state index in [0.717, 1.165) is 27.9 Å². The van der Waals surface area contributed by atoms with Crippen molar-refractivity contribution in [2.45, 2.75) is 38.9 Å². The molecule has 5 rings (SSSR count). The zero-order valence-corrected chi connectivity index (χ0v) is 22.3. The van der Waals surface area contributed by atoms with Crippen LogP contribution in [0.15, 0.2) is 79.4 Å². The highest BCUT2D eigenvalue weighted by Gasteiger charge is 2.40. The summed E-state index contributed by atoms with van der Waals surface area (Å²) in [6.45, 7) is 2.81. The van der Waals surface area contributed by atoms with E-state index in [9.17, 15) is 22.4 Å². The van der Waals surface area contributed by atoms with Gasteiger partial charge in [-0.25, -0.2) is 9.37 Å². The molecule has 0 spiro atoms. The van der Waals surface area contributed by atoms with E-state index < -0.39 is 30.1 Å². The molecule has 1 atom stereocenters. The first kappa shape index (κ1) is 27.5. The number of ketones is 1. The molecule has 0 N–H and O–H groups in total. The zero-order chi connectivity index (χ0) is 28.3. The number of aryl methyl sites for hydroxylation is 1. The van der Waals surface area contributed by atoms with Gasteiger partial charge in [0.2, 0.25) is 0 Å². The number of aromatic nitrogens is 3. The Labute approximate surface area is 232 Å². The highest BCUT2D eigenvalue weighted by Crippen LogP contribution is 2.39. The van der Waals surface area contributed by atoms with Gasteiger partial charge in [-0.2, -0.15) is 13.2 Å². The summed E-state index contributed by atoms with van der Waals surface area (Å²) in [5.74, 6) is -2.79. The van der Waals surface area contributed by atoms with Crippen molar-refractivity contribution in [3.05, 3.63) is 96.3 Å². The zero-order valence-electron chi connectivity index (χ0n) is 21.5. The first-order valence-electron chi connectivity index (χ1n) is 12.7. The van der Waals surface area contributed by atoms with Crippen molar-refractivity contribution in [2.75, 3.05) is 0 Å². The van der Waals surface area contributed by atoms with Crippen LogP contribution in [-0.4, -0.2) is 26.5 Å². The molecule has 10 heteroatoms.